The molecule has 0 aromatic carbocycles. The van der Waals surface area contributed by atoms with Gasteiger partial charge in [0.2, 0.25) is 10.0 Å². The third-order valence-electron chi connectivity index (χ3n) is 3.41. The van der Waals surface area contributed by atoms with Crippen LogP contribution >= 0.6 is 15.9 Å². The predicted molar refractivity (Wildman–Crippen MR) is 77.4 cm³/mol. The summed E-state index contributed by atoms with van der Waals surface area (Å²) < 4.78 is 27.3. The van der Waals surface area contributed by atoms with Crippen LogP contribution in [0.2, 0.25) is 0 Å². The molecule has 2 heterocycles. The Morgan fingerprint density at radius 2 is 2.16 bits per heavy atom. The van der Waals surface area contributed by atoms with Crippen molar-refractivity contribution < 1.29 is 8.42 Å². The lowest BCUT2D eigenvalue weighted by molar-refractivity contribution is 0.190. The first-order valence-corrected chi connectivity index (χ1v) is 8.41. The fraction of sp³-hybridized carbons (Fsp3) is 0.583. The van der Waals surface area contributed by atoms with Gasteiger partial charge < -0.3 is 4.90 Å². The van der Waals surface area contributed by atoms with E-state index in [0.29, 0.717) is 17.6 Å². The summed E-state index contributed by atoms with van der Waals surface area (Å²) in [5.41, 5.74) is 0. The quantitative estimate of drug-likeness (QED) is 0.832. The average Bonchev–Trinajstić information content (AvgIpc) is 2.39. The number of halogens is 1. The molecule has 106 valence electrons. The normalized spacial score (nSPS) is 21.8. The molecule has 5 nitrogen and oxygen atoms in total. The molecule has 19 heavy (non-hydrogen) atoms. The maximum atomic E-state index is 12.6. The Kier molecular flexibility index (Phi) is 4.60. The number of pyridine rings is 1. The summed E-state index contributed by atoms with van der Waals surface area (Å²) in [6.07, 6.45) is 4.91. The van der Waals surface area contributed by atoms with E-state index in [0.717, 1.165) is 12.8 Å². The van der Waals surface area contributed by atoms with E-state index in [2.05, 4.69) is 25.8 Å². The second kappa shape index (κ2) is 5.87. The Balaban J connectivity index is 2.24. The Morgan fingerprint density at radius 3 is 2.79 bits per heavy atom. The summed E-state index contributed by atoms with van der Waals surface area (Å²) >= 11 is 3.26. The Hall–Kier alpha value is -0.500. The molecule has 0 aliphatic carbocycles. The lowest BCUT2D eigenvalue weighted by Gasteiger charge is -2.35. The lowest BCUT2D eigenvalue weighted by atomic mass is 10.1. The van der Waals surface area contributed by atoms with Gasteiger partial charge in [0.05, 0.1) is 0 Å². The number of rotatable bonds is 3. The van der Waals surface area contributed by atoms with Crippen molar-refractivity contribution in [2.75, 3.05) is 27.2 Å². The number of likely N-dealkylation sites (N-methyl/N-ethyl adjacent to an activating group) is 1. The van der Waals surface area contributed by atoms with Gasteiger partial charge >= 0.3 is 0 Å². The number of aromatic nitrogens is 1. The molecule has 1 aromatic heterocycles. The predicted octanol–water partition coefficient (Wildman–Crippen LogP) is 1.56. The molecule has 0 saturated carbocycles. The zero-order chi connectivity index (χ0) is 14.0. The van der Waals surface area contributed by atoms with E-state index >= 15 is 0 Å². The highest BCUT2D eigenvalue weighted by Crippen LogP contribution is 2.23. The van der Waals surface area contributed by atoms with Crippen LogP contribution < -0.4 is 0 Å². The van der Waals surface area contributed by atoms with Gasteiger partial charge in [-0.2, -0.15) is 4.31 Å². The topological polar surface area (TPSA) is 53.5 Å². The number of sulfonamides is 1. The summed E-state index contributed by atoms with van der Waals surface area (Å²) in [5.74, 6) is 0. The maximum absolute atomic E-state index is 12.6. The van der Waals surface area contributed by atoms with Crippen LogP contribution in [0.4, 0.5) is 0 Å². The molecule has 0 unspecified atom stereocenters. The molecule has 7 heteroatoms. The molecule has 0 radical (unpaired) electrons. The molecule has 1 aliphatic rings. The zero-order valence-corrected chi connectivity index (χ0v) is 13.5. The van der Waals surface area contributed by atoms with Gasteiger partial charge in [0.15, 0.2) is 0 Å². The van der Waals surface area contributed by atoms with Gasteiger partial charge in [0.1, 0.15) is 4.90 Å². The van der Waals surface area contributed by atoms with E-state index in [1.165, 1.54) is 6.20 Å². The summed E-state index contributed by atoms with van der Waals surface area (Å²) in [6, 6.07) is 1.88. The Morgan fingerprint density at radius 1 is 1.42 bits per heavy atom. The molecular formula is C12H18BrN3O2S. The molecular weight excluding hydrogens is 330 g/mol. The number of hydrogen-bond donors (Lipinski definition) is 0. The highest BCUT2D eigenvalue weighted by Gasteiger charge is 2.31. The van der Waals surface area contributed by atoms with E-state index in [1.807, 2.05) is 14.1 Å². The van der Waals surface area contributed by atoms with Gasteiger partial charge in [-0.3, -0.25) is 4.98 Å². The summed E-state index contributed by atoms with van der Waals surface area (Å²) in [6.45, 7) is 1.13. The van der Waals surface area contributed by atoms with Crippen LogP contribution in [0.25, 0.3) is 0 Å². The van der Waals surface area contributed by atoms with Crippen LogP contribution in [0.15, 0.2) is 27.8 Å². The number of hydrogen-bond acceptors (Lipinski definition) is 4. The van der Waals surface area contributed by atoms with Crippen molar-refractivity contribution in [3.63, 3.8) is 0 Å². The molecule has 2 rings (SSSR count). The molecule has 1 aliphatic heterocycles. The summed E-state index contributed by atoms with van der Waals surface area (Å²) in [7, 11) is 0.538. The Bertz CT molecular complexity index is 548. The van der Waals surface area contributed by atoms with Crippen molar-refractivity contribution in [1.82, 2.24) is 14.2 Å². The van der Waals surface area contributed by atoms with Gasteiger partial charge in [0.25, 0.3) is 0 Å². The molecule has 1 saturated heterocycles. The first kappa shape index (κ1) is 14.9. The molecule has 1 atom stereocenters. The molecule has 0 spiro atoms. The van der Waals surface area contributed by atoms with Crippen LogP contribution in [-0.4, -0.2) is 55.8 Å². The first-order valence-electron chi connectivity index (χ1n) is 6.18. The standard InChI is InChI=1S/C12H18BrN3O2S/c1-15(2)11-4-3-5-16(9-11)19(17,18)12-6-10(13)7-14-8-12/h6-8,11H,3-5,9H2,1-2H3/t11-/m1/s1. The molecule has 0 bridgehead atoms. The molecule has 1 aromatic rings. The molecule has 0 amide bonds. The third kappa shape index (κ3) is 3.34. The van der Waals surface area contributed by atoms with Crippen molar-refractivity contribution in [2.45, 2.75) is 23.8 Å². The Labute approximate surface area is 122 Å². The molecule has 0 N–H and O–H groups in total. The zero-order valence-electron chi connectivity index (χ0n) is 11.1. The first-order chi connectivity index (χ1) is 8.91. The van der Waals surface area contributed by atoms with Gasteiger partial charge in [-0.05, 0) is 48.9 Å². The van der Waals surface area contributed by atoms with E-state index in [-0.39, 0.29) is 10.9 Å². The third-order valence-corrected chi connectivity index (χ3v) is 5.67. The van der Waals surface area contributed by atoms with Crippen LogP contribution in [0.3, 0.4) is 0 Å². The smallest absolute Gasteiger partial charge is 0.244 e. The number of piperidine rings is 1. The fourth-order valence-corrected chi connectivity index (χ4v) is 4.27. The summed E-state index contributed by atoms with van der Waals surface area (Å²) in [4.78, 5) is 6.27. The minimum absolute atomic E-state index is 0.251. The number of nitrogens with zero attached hydrogens (tertiary/aromatic N) is 3. The van der Waals surface area contributed by atoms with Crippen LogP contribution in [0.5, 0.6) is 0 Å². The van der Waals surface area contributed by atoms with E-state index in [9.17, 15) is 8.42 Å². The summed E-state index contributed by atoms with van der Waals surface area (Å²) in [5, 5.41) is 0. The van der Waals surface area contributed by atoms with Gasteiger partial charge in [-0.15, -0.1) is 0 Å². The van der Waals surface area contributed by atoms with Crippen molar-refractivity contribution in [3.05, 3.63) is 22.9 Å². The van der Waals surface area contributed by atoms with Crippen molar-refractivity contribution in [2.24, 2.45) is 0 Å². The minimum atomic E-state index is -3.44. The van der Waals surface area contributed by atoms with Crippen LogP contribution in [0, 0.1) is 0 Å². The van der Waals surface area contributed by atoms with Crippen molar-refractivity contribution in [1.29, 1.82) is 0 Å². The monoisotopic (exact) mass is 347 g/mol. The van der Waals surface area contributed by atoms with Crippen LogP contribution in [-0.2, 0) is 10.0 Å². The van der Waals surface area contributed by atoms with Gasteiger partial charge in [0, 0.05) is 36.0 Å². The second-order valence-electron chi connectivity index (χ2n) is 4.96. The molecule has 1 fully saturated rings. The minimum Gasteiger partial charge on any atom is -0.305 e. The maximum Gasteiger partial charge on any atom is 0.244 e. The largest absolute Gasteiger partial charge is 0.305 e. The van der Waals surface area contributed by atoms with Gasteiger partial charge in [-0.1, -0.05) is 0 Å². The SMILES string of the molecule is CN(C)[C@@H]1CCCN(S(=O)(=O)c2cncc(Br)c2)C1. The van der Waals surface area contributed by atoms with E-state index in [4.69, 9.17) is 0 Å². The average molecular weight is 348 g/mol. The van der Waals surface area contributed by atoms with Crippen LogP contribution in [0.1, 0.15) is 12.8 Å². The van der Waals surface area contributed by atoms with Crippen molar-refractivity contribution >= 4 is 26.0 Å². The van der Waals surface area contributed by atoms with E-state index < -0.39 is 10.0 Å². The van der Waals surface area contributed by atoms with Crippen molar-refractivity contribution in [3.8, 4) is 0 Å². The lowest BCUT2D eigenvalue weighted by Crippen LogP contribution is -2.47. The highest BCUT2D eigenvalue weighted by atomic mass is 79.9. The fourth-order valence-electron chi connectivity index (χ4n) is 2.24. The van der Waals surface area contributed by atoms with Gasteiger partial charge in [-0.25, -0.2) is 8.42 Å². The van der Waals surface area contributed by atoms with E-state index in [1.54, 1.807) is 16.6 Å². The highest BCUT2D eigenvalue weighted by molar-refractivity contribution is 9.10. The second-order valence-corrected chi connectivity index (χ2v) is 7.82.